The molecule has 0 bridgehead atoms. The van der Waals surface area contributed by atoms with Crippen LogP contribution >= 0.6 is 0 Å². The molecule has 1 N–H and O–H groups in total. The van der Waals surface area contributed by atoms with Crippen molar-refractivity contribution in [1.82, 2.24) is 9.80 Å². The molecule has 5 nitrogen and oxygen atoms in total. The number of likely N-dealkylation sites (tertiary alicyclic amines) is 1. The van der Waals surface area contributed by atoms with Crippen LogP contribution < -0.4 is 0 Å². The van der Waals surface area contributed by atoms with E-state index in [1.807, 2.05) is 16.8 Å². The first-order valence-electron chi connectivity index (χ1n) is 8.08. The molecule has 0 spiro atoms. The fourth-order valence-electron chi connectivity index (χ4n) is 3.07. The van der Waals surface area contributed by atoms with Gasteiger partial charge in [0.05, 0.1) is 0 Å². The third kappa shape index (κ3) is 5.56. The minimum absolute atomic E-state index is 0.0539. The number of hydrogen-bond donors (Lipinski definition) is 1. The maximum Gasteiger partial charge on any atom is 0.320 e. The summed E-state index contributed by atoms with van der Waals surface area (Å²) in [5.74, 6) is -0.228. The Balaban J connectivity index is 2.65. The van der Waals surface area contributed by atoms with E-state index in [2.05, 4.69) is 20.8 Å². The number of amides is 2. The monoisotopic (exact) mass is 298 g/mol. The zero-order valence-corrected chi connectivity index (χ0v) is 13.8. The molecule has 1 aliphatic rings. The molecule has 0 aromatic carbocycles. The molecular formula is C16H30N2O3. The van der Waals surface area contributed by atoms with Crippen molar-refractivity contribution in [2.45, 2.75) is 71.4 Å². The molecule has 2 atom stereocenters. The highest BCUT2D eigenvalue weighted by Crippen LogP contribution is 2.23. The lowest BCUT2D eigenvalue weighted by Gasteiger charge is -2.40. The van der Waals surface area contributed by atoms with E-state index >= 15 is 0 Å². The predicted octanol–water partition coefficient (Wildman–Crippen LogP) is 3.19. The highest BCUT2D eigenvalue weighted by molar-refractivity contribution is 5.75. The summed E-state index contributed by atoms with van der Waals surface area (Å²) in [5.41, 5.74) is 0. The van der Waals surface area contributed by atoms with Crippen LogP contribution in [-0.4, -0.2) is 52.6 Å². The first-order chi connectivity index (χ1) is 9.82. The zero-order valence-electron chi connectivity index (χ0n) is 13.8. The quantitative estimate of drug-likeness (QED) is 0.819. The van der Waals surface area contributed by atoms with Crippen LogP contribution in [0.25, 0.3) is 0 Å². The highest BCUT2D eigenvalue weighted by atomic mass is 16.4. The first-order valence-corrected chi connectivity index (χ1v) is 8.08. The standard InChI is InChI=1S/C16H30N2O3/c1-12(2)11-13(3)17(4)16(21)18-10-6-5-7-14(18)8-9-15(19)20/h12-14H,5-11H2,1-4H3,(H,19,20). The van der Waals surface area contributed by atoms with Gasteiger partial charge in [-0.2, -0.15) is 0 Å². The van der Waals surface area contributed by atoms with Gasteiger partial charge in [-0.25, -0.2) is 4.79 Å². The molecule has 1 rings (SSSR count). The van der Waals surface area contributed by atoms with Crippen LogP contribution in [0.4, 0.5) is 4.79 Å². The molecule has 5 heteroatoms. The Morgan fingerprint density at radius 2 is 1.95 bits per heavy atom. The van der Waals surface area contributed by atoms with Crippen LogP contribution in [0, 0.1) is 5.92 Å². The maximum atomic E-state index is 12.7. The molecule has 2 amide bonds. The second-order valence-electron chi connectivity index (χ2n) is 6.65. The molecule has 0 aliphatic carbocycles. The molecule has 1 aliphatic heterocycles. The van der Waals surface area contributed by atoms with Crippen LogP contribution in [0.15, 0.2) is 0 Å². The third-order valence-corrected chi connectivity index (χ3v) is 4.34. The van der Waals surface area contributed by atoms with Crippen molar-refractivity contribution in [3.8, 4) is 0 Å². The average molecular weight is 298 g/mol. The van der Waals surface area contributed by atoms with Crippen molar-refractivity contribution < 1.29 is 14.7 Å². The molecule has 1 heterocycles. The maximum absolute atomic E-state index is 12.7. The summed E-state index contributed by atoms with van der Waals surface area (Å²) in [6, 6.07) is 0.342. The molecule has 0 saturated carbocycles. The number of urea groups is 1. The highest BCUT2D eigenvalue weighted by Gasteiger charge is 2.30. The van der Waals surface area contributed by atoms with E-state index < -0.39 is 5.97 Å². The molecule has 21 heavy (non-hydrogen) atoms. The number of hydrogen-bond acceptors (Lipinski definition) is 2. The van der Waals surface area contributed by atoms with Crippen LogP contribution in [0.2, 0.25) is 0 Å². The minimum atomic E-state index is -0.783. The van der Waals surface area contributed by atoms with Crippen molar-refractivity contribution in [2.75, 3.05) is 13.6 Å². The van der Waals surface area contributed by atoms with Gasteiger partial charge in [-0.1, -0.05) is 13.8 Å². The van der Waals surface area contributed by atoms with Gasteiger partial charge in [0.15, 0.2) is 0 Å². The number of carbonyl (C=O) groups is 2. The summed E-state index contributed by atoms with van der Waals surface area (Å²) in [4.78, 5) is 27.2. The van der Waals surface area contributed by atoms with E-state index in [1.165, 1.54) is 0 Å². The van der Waals surface area contributed by atoms with Gasteiger partial charge in [0.2, 0.25) is 0 Å². The Morgan fingerprint density at radius 3 is 2.52 bits per heavy atom. The van der Waals surface area contributed by atoms with Gasteiger partial charge in [0.25, 0.3) is 0 Å². The number of carbonyl (C=O) groups excluding carboxylic acids is 1. The third-order valence-electron chi connectivity index (χ3n) is 4.34. The second-order valence-corrected chi connectivity index (χ2v) is 6.65. The summed E-state index contributed by atoms with van der Waals surface area (Å²) in [7, 11) is 1.86. The van der Waals surface area contributed by atoms with Gasteiger partial charge in [-0.05, 0) is 44.9 Å². The lowest BCUT2D eigenvalue weighted by molar-refractivity contribution is -0.137. The summed E-state index contributed by atoms with van der Waals surface area (Å²) >= 11 is 0. The fraction of sp³-hybridized carbons (Fsp3) is 0.875. The largest absolute Gasteiger partial charge is 0.481 e. The van der Waals surface area contributed by atoms with Gasteiger partial charge >= 0.3 is 12.0 Å². The van der Waals surface area contributed by atoms with Crippen molar-refractivity contribution in [1.29, 1.82) is 0 Å². The average Bonchev–Trinajstić information content (AvgIpc) is 2.43. The van der Waals surface area contributed by atoms with E-state index in [0.717, 1.165) is 32.2 Å². The van der Waals surface area contributed by atoms with E-state index in [9.17, 15) is 9.59 Å². The van der Waals surface area contributed by atoms with Gasteiger partial charge in [0, 0.05) is 32.1 Å². The topological polar surface area (TPSA) is 60.9 Å². The SMILES string of the molecule is CC(C)CC(C)N(C)C(=O)N1CCCCC1CCC(=O)O. The summed E-state index contributed by atoms with van der Waals surface area (Å²) in [6.07, 6.45) is 4.70. The number of carboxylic acids is 1. The zero-order chi connectivity index (χ0) is 16.0. The van der Waals surface area contributed by atoms with Gasteiger partial charge in [0.1, 0.15) is 0 Å². The first kappa shape index (κ1) is 17.8. The van der Waals surface area contributed by atoms with Crippen LogP contribution in [0.5, 0.6) is 0 Å². The van der Waals surface area contributed by atoms with Crippen LogP contribution in [0.3, 0.4) is 0 Å². The van der Waals surface area contributed by atoms with E-state index in [1.54, 1.807) is 0 Å². The molecule has 1 saturated heterocycles. The molecule has 122 valence electrons. The van der Waals surface area contributed by atoms with Crippen LogP contribution in [0.1, 0.15) is 59.3 Å². The number of carboxylic acid groups (broad SMARTS) is 1. The summed E-state index contributed by atoms with van der Waals surface area (Å²) in [6.45, 7) is 7.15. The van der Waals surface area contributed by atoms with E-state index in [-0.39, 0.29) is 24.5 Å². The van der Waals surface area contributed by atoms with Gasteiger partial charge < -0.3 is 14.9 Å². The molecule has 2 unspecified atom stereocenters. The van der Waals surface area contributed by atoms with E-state index in [4.69, 9.17) is 5.11 Å². The Labute approximate surface area is 128 Å². The fourth-order valence-corrected chi connectivity index (χ4v) is 3.07. The van der Waals surface area contributed by atoms with Gasteiger partial charge in [-0.15, -0.1) is 0 Å². The summed E-state index contributed by atoms with van der Waals surface area (Å²) in [5, 5.41) is 8.85. The molecule has 0 radical (unpaired) electrons. The Kier molecular flexibility index (Phi) is 6.99. The number of aliphatic carboxylic acids is 1. The van der Waals surface area contributed by atoms with Crippen LogP contribution in [-0.2, 0) is 4.79 Å². The lowest BCUT2D eigenvalue weighted by Crippen LogP contribution is -2.51. The number of piperidine rings is 1. The lowest BCUT2D eigenvalue weighted by atomic mass is 9.98. The Hall–Kier alpha value is -1.26. The Bertz CT molecular complexity index is 357. The minimum Gasteiger partial charge on any atom is -0.481 e. The molecule has 0 aromatic heterocycles. The van der Waals surface area contributed by atoms with Crippen molar-refractivity contribution in [3.05, 3.63) is 0 Å². The van der Waals surface area contributed by atoms with Crippen molar-refractivity contribution in [2.24, 2.45) is 5.92 Å². The smallest absolute Gasteiger partial charge is 0.320 e. The second kappa shape index (κ2) is 8.25. The molecule has 1 fully saturated rings. The predicted molar refractivity (Wildman–Crippen MR) is 83.3 cm³/mol. The normalized spacial score (nSPS) is 20.4. The van der Waals surface area contributed by atoms with Crippen molar-refractivity contribution in [3.63, 3.8) is 0 Å². The molecular weight excluding hydrogens is 268 g/mol. The van der Waals surface area contributed by atoms with E-state index in [0.29, 0.717) is 12.3 Å². The van der Waals surface area contributed by atoms with Crippen molar-refractivity contribution >= 4 is 12.0 Å². The Morgan fingerprint density at radius 1 is 1.29 bits per heavy atom. The number of nitrogens with zero attached hydrogens (tertiary/aromatic N) is 2. The molecule has 0 aromatic rings. The number of rotatable bonds is 6. The summed E-state index contributed by atoms with van der Waals surface area (Å²) < 4.78 is 0. The van der Waals surface area contributed by atoms with Gasteiger partial charge in [-0.3, -0.25) is 4.79 Å².